The Morgan fingerprint density at radius 2 is 0.936 bits per heavy atom. The van der Waals surface area contributed by atoms with Gasteiger partial charge in [0.25, 0.3) is 0 Å². The minimum atomic E-state index is 0.651. The summed E-state index contributed by atoms with van der Waals surface area (Å²) < 4.78 is 2.43. The van der Waals surface area contributed by atoms with E-state index in [1.165, 1.54) is 48.9 Å². The molecule has 0 bridgehead atoms. The summed E-state index contributed by atoms with van der Waals surface area (Å²) in [5.74, 6) is 1.96. The number of aromatic nitrogens is 4. The van der Waals surface area contributed by atoms with E-state index < -0.39 is 0 Å². The van der Waals surface area contributed by atoms with Gasteiger partial charge in [-0.3, -0.25) is 0 Å². The van der Waals surface area contributed by atoms with Crippen molar-refractivity contribution < 1.29 is 0 Å². The number of benzene rings is 7. The minimum absolute atomic E-state index is 0.651. The van der Waals surface area contributed by atoms with Gasteiger partial charge in [-0.05, 0) is 40.6 Å². The topological polar surface area (TPSA) is 43.1 Å². The predicted octanol–water partition coefficient (Wildman–Crippen LogP) is 10.8. The third kappa shape index (κ3) is 3.92. The molecule has 10 aromatic rings. The Hall–Kier alpha value is -6.39. The predicted molar refractivity (Wildman–Crippen MR) is 194 cm³/mol. The molecule has 3 aromatic heterocycles. The number of fused-ring (bicyclic) bond motifs is 7. The SMILES string of the molecule is c1ccc(-c2nc(-c3ccccc3)nc(-c3cc4c5ccccc5n5c6ccccc6c(c3-c3ccc6ccccc6c3)c45)n2)cc1. The Balaban J connectivity index is 1.40. The highest BCUT2D eigenvalue weighted by Gasteiger charge is 2.25. The fourth-order valence-electron chi connectivity index (χ4n) is 7.27. The van der Waals surface area contributed by atoms with Gasteiger partial charge >= 0.3 is 0 Å². The largest absolute Gasteiger partial charge is 0.308 e. The number of hydrogen-bond acceptors (Lipinski definition) is 3. The standard InChI is InChI=1S/C43H26N4/c1-3-14-28(15-4-1)41-44-42(29-16-5-2-6-17-29)46-43(45-41)35-26-34-32-19-9-11-21-36(32)47-37-22-12-10-20-33(37)39(40(34)47)38(35)31-24-23-27-13-7-8-18-30(27)25-31/h1-26H. The molecule has 4 heteroatoms. The van der Waals surface area contributed by atoms with E-state index in [2.05, 4.69) is 126 Å². The third-order valence-corrected chi connectivity index (χ3v) is 9.35. The van der Waals surface area contributed by atoms with Crippen LogP contribution in [0.2, 0.25) is 0 Å². The molecule has 47 heavy (non-hydrogen) atoms. The number of nitrogens with zero attached hydrogens (tertiary/aromatic N) is 4. The Morgan fingerprint density at radius 3 is 1.64 bits per heavy atom. The van der Waals surface area contributed by atoms with Crippen molar-refractivity contribution in [3.63, 3.8) is 0 Å². The quantitative estimate of drug-likeness (QED) is 0.202. The van der Waals surface area contributed by atoms with E-state index in [-0.39, 0.29) is 0 Å². The maximum atomic E-state index is 5.24. The van der Waals surface area contributed by atoms with Crippen LogP contribution in [0.3, 0.4) is 0 Å². The van der Waals surface area contributed by atoms with Gasteiger partial charge in [-0.15, -0.1) is 0 Å². The fourth-order valence-corrected chi connectivity index (χ4v) is 7.27. The molecule has 0 unspecified atom stereocenters. The first kappa shape index (κ1) is 25.9. The summed E-state index contributed by atoms with van der Waals surface area (Å²) >= 11 is 0. The first-order valence-electron chi connectivity index (χ1n) is 15.9. The minimum Gasteiger partial charge on any atom is -0.308 e. The van der Waals surface area contributed by atoms with E-state index in [4.69, 9.17) is 15.0 Å². The normalized spacial score (nSPS) is 11.8. The lowest BCUT2D eigenvalue weighted by molar-refractivity contribution is 1.08. The zero-order valence-electron chi connectivity index (χ0n) is 25.3. The Morgan fingerprint density at radius 1 is 0.383 bits per heavy atom. The molecule has 10 rings (SSSR count). The van der Waals surface area contributed by atoms with Crippen molar-refractivity contribution in [3.8, 4) is 45.3 Å². The van der Waals surface area contributed by atoms with Gasteiger partial charge in [-0.2, -0.15) is 0 Å². The summed E-state index contributed by atoms with van der Waals surface area (Å²) in [4.78, 5) is 15.5. The van der Waals surface area contributed by atoms with Crippen LogP contribution in [0.5, 0.6) is 0 Å². The van der Waals surface area contributed by atoms with Gasteiger partial charge in [0.2, 0.25) is 0 Å². The molecule has 0 N–H and O–H groups in total. The van der Waals surface area contributed by atoms with Gasteiger partial charge in [-0.25, -0.2) is 15.0 Å². The Labute approximate surface area is 270 Å². The molecule has 218 valence electrons. The number of rotatable bonds is 4. The number of hydrogen-bond donors (Lipinski definition) is 0. The molecule has 0 amide bonds. The van der Waals surface area contributed by atoms with Crippen molar-refractivity contribution in [2.45, 2.75) is 0 Å². The average molecular weight is 599 g/mol. The summed E-state index contributed by atoms with van der Waals surface area (Å²) in [6.45, 7) is 0. The monoisotopic (exact) mass is 598 g/mol. The maximum Gasteiger partial charge on any atom is 0.164 e. The Kier molecular flexibility index (Phi) is 5.54. The first-order chi connectivity index (χ1) is 23.3. The van der Waals surface area contributed by atoms with Gasteiger partial charge in [0.15, 0.2) is 17.5 Å². The second kappa shape index (κ2) is 10.1. The van der Waals surface area contributed by atoms with Crippen LogP contribution in [0.25, 0.3) is 94.2 Å². The van der Waals surface area contributed by atoms with E-state index in [9.17, 15) is 0 Å². The molecule has 4 nitrogen and oxygen atoms in total. The van der Waals surface area contributed by atoms with E-state index in [0.717, 1.165) is 27.8 Å². The van der Waals surface area contributed by atoms with Crippen molar-refractivity contribution in [1.29, 1.82) is 0 Å². The van der Waals surface area contributed by atoms with Crippen molar-refractivity contribution in [2.75, 3.05) is 0 Å². The van der Waals surface area contributed by atoms with Crippen LogP contribution in [0, 0.1) is 0 Å². The van der Waals surface area contributed by atoms with Crippen molar-refractivity contribution in [2.24, 2.45) is 0 Å². The molecule has 0 spiro atoms. The lowest BCUT2D eigenvalue weighted by atomic mass is 9.90. The molecule has 0 aliphatic rings. The molecule has 0 saturated heterocycles. The summed E-state index contributed by atoms with van der Waals surface area (Å²) in [6.07, 6.45) is 0. The molecule has 0 atom stereocenters. The van der Waals surface area contributed by atoms with Crippen molar-refractivity contribution in [1.82, 2.24) is 19.4 Å². The summed E-state index contributed by atoms with van der Waals surface area (Å²) in [5, 5.41) is 7.23. The molecule has 3 heterocycles. The highest BCUT2D eigenvalue weighted by molar-refractivity contribution is 6.29. The van der Waals surface area contributed by atoms with Gasteiger partial charge < -0.3 is 4.40 Å². The van der Waals surface area contributed by atoms with Crippen LogP contribution in [0.4, 0.5) is 0 Å². The van der Waals surface area contributed by atoms with E-state index in [1.54, 1.807) is 0 Å². The van der Waals surface area contributed by atoms with E-state index >= 15 is 0 Å². The van der Waals surface area contributed by atoms with E-state index in [1.807, 2.05) is 36.4 Å². The average Bonchev–Trinajstić information content (AvgIpc) is 3.67. The zero-order valence-corrected chi connectivity index (χ0v) is 25.3. The van der Waals surface area contributed by atoms with Crippen LogP contribution in [0.15, 0.2) is 158 Å². The second-order valence-corrected chi connectivity index (χ2v) is 12.0. The zero-order chi connectivity index (χ0) is 30.9. The van der Waals surface area contributed by atoms with Gasteiger partial charge in [0.1, 0.15) is 0 Å². The molecule has 0 fully saturated rings. The van der Waals surface area contributed by atoms with Gasteiger partial charge in [0, 0.05) is 43.8 Å². The molecule has 0 saturated carbocycles. The van der Waals surface area contributed by atoms with Crippen molar-refractivity contribution >= 4 is 48.9 Å². The lowest BCUT2D eigenvalue weighted by Gasteiger charge is -2.15. The second-order valence-electron chi connectivity index (χ2n) is 12.0. The van der Waals surface area contributed by atoms with E-state index in [0.29, 0.717) is 17.5 Å². The molecular weight excluding hydrogens is 573 g/mol. The molecule has 7 aromatic carbocycles. The van der Waals surface area contributed by atoms with Crippen LogP contribution < -0.4 is 0 Å². The summed E-state index contributed by atoms with van der Waals surface area (Å²) in [6, 6.07) is 55.5. The Bertz CT molecular complexity index is 2720. The van der Waals surface area contributed by atoms with Gasteiger partial charge in [-0.1, -0.05) is 133 Å². The van der Waals surface area contributed by atoms with Gasteiger partial charge in [0.05, 0.1) is 16.6 Å². The highest BCUT2D eigenvalue weighted by Crippen LogP contribution is 2.48. The third-order valence-electron chi connectivity index (χ3n) is 9.35. The summed E-state index contributed by atoms with van der Waals surface area (Å²) in [7, 11) is 0. The maximum absolute atomic E-state index is 5.24. The molecule has 0 radical (unpaired) electrons. The summed E-state index contributed by atoms with van der Waals surface area (Å²) in [5.41, 5.74) is 8.76. The molecule has 0 aliphatic carbocycles. The van der Waals surface area contributed by atoms with Crippen LogP contribution >= 0.6 is 0 Å². The number of para-hydroxylation sites is 2. The molecule has 0 aliphatic heterocycles. The lowest BCUT2D eigenvalue weighted by Crippen LogP contribution is -2.01. The highest BCUT2D eigenvalue weighted by atomic mass is 15.0. The first-order valence-corrected chi connectivity index (χ1v) is 15.9. The van der Waals surface area contributed by atoms with Crippen LogP contribution in [-0.4, -0.2) is 19.4 Å². The van der Waals surface area contributed by atoms with Crippen molar-refractivity contribution in [3.05, 3.63) is 158 Å². The van der Waals surface area contributed by atoms with Crippen LogP contribution in [0.1, 0.15) is 0 Å². The fraction of sp³-hybridized carbons (Fsp3) is 0. The smallest absolute Gasteiger partial charge is 0.164 e. The molecular formula is C43H26N4. The van der Waals surface area contributed by atoms with Crippen LogP contribution in [-0.2, 0) is 0 Å².